The van der Waals surface area contributed by atoms with Gasteiger partial charge in [0.15, 0.2) is 0 Å². The van der Waals surface area contributed by atoms with Gasteiger partial charge in [0.1, 0.15) is 6.04 Å². The van der Waals surface area contributed by atoms with Gasteiger partial charge in [0, 0.05) is 13.1 Å². The summed E-state index contributed by atoms with van der Waals surface area (Å²) in [5.74, 6) is 0. The minimum atomic E-state index is -0.296. The molecular formula is C24H22N2. The summed E-state index contributed by atoms with van der Waals surface area (Å²) in [6.07, 6.45) is 4.01. The number of benzene rings is 3. The van der Waals surface area contributed by atoms with Crippen molar-refractivity contribution in [3.05, 3.63) is 114 Å². The molecule has 0 bridgehead atoms. The van der Waals surface area contributed by atoms with E-state index in [1.54, 1.807) is 0 Å². The first-order chi connectivity index (χ1) is 12.8. The van der Waals surface area contributed by atoms with E-state index in [-0.39, 0.29) is 6.04 Å². The molecule has 0 aromatic heterocycles. The monoisotopic (exact) mass is 338 g/mol. The summed E-state index contributed by atoms with van der Waals surface area (Å²) in [6, 6.07) is 32.9. The summed E-state index contributed by atoms with van der Waals surface area (Å²) >= 11 is 0. The van der Waals surface area contributed by atoms with E-state index >= 15 is 0 Å². The largest absolute Gasteiger partial charge is 0.276 e. The predicted octanol–water partition coefficient (Wildman–Crippen LogP) is 5.29. The fourth-order valence-electron chi connectivity index (χ4n) is 2.90. The fourth-order valence-corrected chi connectivity index (χ4v) is 2.90. The van der Waals surface area contributed by atoms with Crippen molar-refractivity contribution in [3.8, 4) is 6.07 Å². The summed E-state index contributed by atoms with van der Waals surface area (Å²) in [6.45, 7) is 1.46. The van der Waals surface area contributed by atoms with Crippen LogP contribution >= 0.6 is 0 Å². The van der Waals surface area contributed by atoms with Gasteiger partial charge in [0.05, 0.1) is 6.07 Å². The zero-order chi connectivity index (χ0) is 18.0. The van der Waals surface area contributed by atoms with Gasteiger partial charge < -0.3 is 0 Å². The van der Waals surface area contributed by atoms with Crippen molar-refractivity contribution in [3.63, 3.8) is 0 Å². The zero-order valence-electron chi connectivity index (χ0n) is 14.7. The molecule has 0 amide bonds. The molecule has 1 unspecified atom stereocenters. The molecule has 0 aliphatic heterocycles. The van der Waals surface area contributed by atoms with Crippen LogP contribution in [-0.2, 0) is 13.1 Å². The second-order valence-electron chi connectivity index (χ2n) is 6.22. The zero-order valence-corrected chi connectivity index (χ0v) is 14.7. The van der Waals surface area contributed by atoms with Gasteiger partial charge in [0.25, 0.3) is 0 Å². The number of nitrogens with zero attached hydrogens (tertiary/aromatic N) is 2. The summed E-state index contributed by atoms with van der Waals surface area (Å²) in [7, 11) is 0. The quantitative estimate of drug-likeness (QED) is 0.585. The van der Waals surface area contributed by atoms with Crippen LogP contribution in [0.4, 0.5) is 0 Å². The molecule has 0 spiro atoms. The molecule has 0 radical (unpaired) electrons. The van der Waals surface area contributed by atoms with Crippen LogP contribution in [-0.4, -0.2) is 10.9 Å². The maximum absolute atomic E-state index is 9.79. The lowest BCUT2D eigenvalue weighted by molar-refractivity contribution is 0.246. The Morgan fingerprint density at radius 2 is 1.19 bits per heavy atom. The van der Waals surface area contributed by atoms with E-state index in [4.69, 9.17) is 0 Å². The second kappa shape index (κ2) is 9.36. The van der Waals surface area contributed by atoms with Gasteiger partial charge in [-0.1, -0.05) is 103 Å². The van der Waals surface area contributed by atoms with E-state index in [0.29, 0.717) is 0 Å². The normalized spacial score (nSPS) is 12.2. The number of nitriles is 1. The van der Waals surface area contributed by atoms with Crippen LogP contribution in [0.15, 0.2) is 97.1 Å². The average Bonchev–Trinajstić information content (AvgIpc) is 2.71. The molecule has 0 saturated heterocycles. The second-order valence-corrected chi connectivity index (χ2v) is 6.22. The van der Waals surface area contributed by atoms with E-state index in [0.717, 1.165) is 18.7 Å². The highest BCUT2D eigenvalue weighted by Gasteiger charge is 2.16. The lowest BCUT2D eigenvalue weighted by Crippen LogP contribution is -2.31. The van der Waals surface area contributed by atoms with Gasteiger partial charge >= 0.3 is 0 Å². The minimum absolute atomic E-state index is 0.296. The third-order valence-corrected chi connectivity index (χ3v) is 4.25. The molecule has 0 heterocycles. The molecule has 0 N–H and O–H groups in total. The first-order valence-electron chi connectivity index (χ1n) is 8.80. The van der Waals surface area contributed by atoms with Crippen molar-refractivity contribution in [2.75, 3.05) is 0 Å². The van der Waals surface area contributed by atoms with E-state index in [2.05, 4.69) is 35.2 Å². The molecule has 0 saturated carbocycles. The third kappa shape index (κ3) is 5.17. The number of rotatable bonds is 7. The van der Waals surface area contributed by atoms with E-state index in [9.17, 15) is 5.26 Å². The molecule has 3 aromatic rings. The van der Waals surface area contributed by atoms with E-state index < -0.39 is 0 Å². The maximum atomic E-state index is 9.79. The van der Waals surface area contributed by atoms with Crippen LogP contribution in [0.25, 0.3) is 6.08 Å². The average molecular weight is 338 g/mol. The van der Waals surface area contributed by atoms with Crippen molar-refractivity contribution < 1.29 is 0 Å². The lowest BCUT2D eigenvalue weighted by Gasteiger charge is -2.25. The van der Waals surface area contributed by atoms with Crippen LogP contribution in [0.3, 0.4) is 0 Å². The Morgan fingerprint density at radius 3 is 1.65 bits per heavy atom. The Labute approximate surface area is 155 Å². The van der Waals surface area contributed by atoms with E-state index in [1.165, 1.54) is 11.1 Å². The van der Waals surface area contributed by atoms with Crippen molar-refractivity contribution >= 4 is 6.08 Å². The van der Waals surface area contributed by atoms with Crippen molar-refractivity contribution in [1.29, 1.82) is 5.26 Å². The highest BCUT2D eigenvalue weighted by molar-refractivity contribution is 5.50. The van der Waals surface area contributed by atoms with Gasteiger partial charge in [-0.05, 0) is 16.7 Å². The van der Waals surface area contributed by atoms with E-state index in [1.807, 2.05) is 78.9 Å². The molecule has 0 aliphatic carbocycles. The van der Waals surface area contributed by atoms with Gasteiger partial charge in [-0.2, -0.15) is 5.26 Å². The highest BCUT2D eigenvalue weighted by Crippen LogP contribution is 2.15. The van der Waals surface area contributed by atoms with Crippen LogP contribution in [0.1, 0.15) is 16.7 Å². The SMILES string of the molecule is N#CC(/C=C/c1ccccc1)N(Cc1ccccc1)Cc1ccccc1. The Morgan fingerprint density at radius 1 is 0.731 bits per heavy atom. The molecule has 3 aromatic carbocycles. The Kier molecular flexibility index (Phi) is 6.36. The molecule has 3 rings (SSSR count). The van der Waals surface area contributed by atoms with Crippen molar-refractivity contribution in [2.24, 2.45) is 0 Å². The summed E-state index contributed by atoms with van der Waals surface area (Å²) < 4.78 is 0. The number of hydrogen-bond acceptors (Lipinski definition) is 2. The first-order valence-corrected chi connectivity index (χ1v) is 8.80. The van der Waals surface area contributed by atoms with Crippen molar-refractivity contribution in [2.45, 2.75) is 19.1 Å². The molecule has 128 valence electrons. The Hall–Kier alpha value is -3.15. The molecule has 2 nitrogen and oxygen atoms in total. The van der Waals surface area contributed by atoms with Gasteiger partial charge in [-0.25, -0.2) is 0 Å². The molecule has 0 fully saturated rings. The molecule has 0 aliphatic rings. The van der Waals surface area contributed by atoms with Crippen LogP contribution in [0, 0.1) is 11.3 Å². The third-order valence-electron chi connectivity index (χ3n) is 4.25. The van der Waals surface area contributed by atoms with Gasteiger partial charge in [-0.3, -0.25) is 4.90 Å². The Balaban J connectivity index is 1.82. The molecule has 2 heteroatoms. The van der Waals surface area contributed by atoms with Crippen molar-refractivity contribution in [1.82, 2.24) is 4.90 Å². The van der Waals surface area contributed by atoms with Crippen LogP contribution < -0.4 is 0 Å². The highest BCUT2D eigenvalue weighted by atomic mass is 15.1. The molecular weight excluding hydrogens is 316 g/mol. The topological polar surface area (TPSA) is 27.0 Å². The summed E-state index contributed by atoms with van der Waals surface area (Å²) in [4.78, 5) is 2.20. The lowest BCUT2D eigenvalue weighted by atomic mass is 10.1. The smallest absolute Gasteiger partial charge is 0.117 e. The van der Waals surface area contributed by atoms with Gasteiger partial charge in [0.2, 0.25) is 0 Å². The number of hydrogen-bond donors (Lipinski definition) is 0. The predicted molar refractivity (Wildman–Crippen MR) is 107 cm³/mol. The Bertz CT molecular complexity index is 807. The molecule has 1 atom stereocenters. The fraction of sp³-hybridized carbons (Fsp3) is 0.125. The maximum Gasteiger partial charge on any atom is 0.117 e. The summed E-state index contributed by atoms with van der Waals surface area (Å²) in [5, 5.41) is 9.79. The van der Waals surface area contributed by atoms with Crippen LogP contribution in [0.2, 0.25) is 0 Å². The van der Waals surface area contributed by atoms with Crippen LogP contribution in [0.5, 0.6) is 0 Å². The van der Waals surface area contributed by atoms with Gasteiger partial charge in [-0.15, -0.1) is 0 Å². The standard InChI is InChI=1S/C24H22N2/c25-18-24(17-16-21-10-4-1-5-11-21)26(19-22-12-6-2-7-13-22)20-23-14-8-3-9-15-23/h1-17,24H,19-20H2/b17-16+. The molecule has 26 heavy (non-hydrogen) atoms. The first kappa shape index (κ1) is 17.7. The summed E-state index contributed by atoms with van der Waals surface area (Å²) in [5.41, 5.74) is 3.51. The minimum Gasteiger partial charge on any atom is -0.276 e.